The van der Waals surface area contributed by atoms with Gasteiger partial charge in [0, 0.05) is 37.3 Å². The third-order valence-electron chi connectivity index (χ3n) is 0. The zero-order valence-electron chi connectivity index (χ0n) is 4.00. The van der Waals surface area contributed by atoms with E-state index in [-0.39, 0.29) is 59.2 Å². The van der Waals surface area contributed by atoms with Crippen LogP contribution in [0.5, 0.6) is 0 Å². The van der Waals surface area contributed by atoms with Crippen LogP contribution in [0.4, 0.5) is 0 Å². The molecule has 0 radical (unpaired) electrons. The zero-order valence-corrected chi connectivity index (χ0v) is 5.85. The van der Waals surface area contributed by atoms with Crippen LogP contribution in [0.3, 0.4) is 0 Å². The molecule has 8 nitrogen and oxygen atoms in total. The van der Waals surface area contributed by atoms with Gasteiger partial charge in [-0.25, -0.2) is 0 Å². The number of rotatable bonds is 0. The summed E-state index contributed by atoms with van der Waals surface area (Å²) in [6, 6.07) is 0. The fraction of sp³-hybridized carbons (Fsp3) is 0. The third kappa shape index (κ3) is 3980. The van der Waals surface area contributed by atoms with Crippen LogP contribution < -0.4 is 0 Å². The summed E-state index contributed by atoms with van der Waals surface area (Å²) in [5.74, 6) is 0. The first-order valence-corrected chi connectivity index (χ1v) is 0.565. The van der Waals surface area contributed by atoms with Gasteiger partial charge in [-0.05, 0) is 0 Å². The van der Waals surface area contributed by atoms with E-state index in [2.05, 4.69) is 0 Å². The Kier molecular flexibility index (Phi) is 267. The van der Waals surface area contributed by atoms with Crippen LogP contribution in [-0.2, 0) is 0 Å². The summed E-state index contributed by atoms with van der Waals surface area (Å²) in [6.45, 7) is 0. The SMILES string of the molecule is O.O.O.O.O=[N+]([O-])O.[Er]. The molecule has 0 rings (SSSR count). The molecule has 0 aromatic heterocycles. The van der Waals surface area contributed by atoms with Gasteiger partial charge < -0.3 is 27.1 Å². The second-order valence-electron chi connectivity index (χ2n) is 0.238. The number of hydrogen-bond acceptors (Lipinski definition) is 2. The molecule has 0 heterocycles. The van der Waals surface area contributed by atoms with Gasteiger partial charge in [-0.1, -0.05) is 0 Å². The van der Waals surface area contributed by atoms with Gasteiger partial charge in [0.05, 0.1) is 0 Å². The molecule has 0 aliphatic heterocycles. The zero-order chi connectivity index (χ0) is 3.58. The molecule has 0 amide bonds. The molecule has 9 N–H and O–H groups in total. The van der Waals surface area contributed by atoms with E-state index in [1.54, 1.807) is 0 Å². The van der Waals surface area contributed by atoms with Gasteiger partial charge in [-0.2, -0.15) is 0 Å². The van der Waals surface area contributed by atoms with Crippen molar-refractivity contribution in [2.45, 2.75) is 0 Å². The Morgan fingerprint density at radius 2 is 1.11 bits per heavy atom. The van der Waals surface area contributed by atoms with Crippen LogP contribution in [0.1, 0.15) is 0 Å². The molecule has 68 valence electrons. The summed E-state index contributed by atoms with van der Waals surface area (Å²) >= 11 is 0. The van der Waals surface area contributed by atoms with Crippen molar-refractivity contribution < 1.29 is 69.5 Å². The first kappa shape index (κ1) is 59.0. The molecule has 0 bridgehead atoms. The van der Waals surface area contributed by atoms with Gasteiger partial charge in [0.2, 0.25) is 0 Å². The maximum absolute atomic E-state index is 8.36. The van der Waals surface area contributed by atoms with E-state index in [1.165, 1.54) is 0 Å². The largest absolute Gasteiger partial charge is 0.412 e. The number of nitrogens with zero attached hydrogens (tertiary/aromatic N) is 1. The van der Waals surface area contributed by atoms with Crippen molar-refractivity contribution in [2.24, 2.45) is 0 Å². The predicted octanol–water partition coefficient (Wildman–Crippen LogP) is -3.65. The molecule has 0 aliphatic rings. The van der Waals surface area contributed by atoms with Crippen LogP contribution in [-0.4, -0.2) is 32.2 Å². The smallest absolute Gasteiger partial charge is 0.291 e. The summed E-state index contributed by atoms with van der Waals surface area (Å²) in [5.41, 5.74) is 0. The average molecular weight is 302 g/mol. The monoisotopic (exact) mass is 301 g/mol. The van der Waals surface area contributed by atoms with E-state index in [1.807, 2.05) is 0 Å². The van der Waals surface area contributed by atoms with Gasteiger partial charge >= 0.3 is 0 Å². The van der Waals surface area contributed by atoms with Crippen LogP contribution in [0, 0.1) is 47.4 Å². The normalized spacial score (nSPS) is 2.67. The molecule has 9 heteroatoms. The van der Waals surface area contributed by atoms with E-state index in [9.17, 15) is 0 Å². The molecule has 0 aliphatic carbocycles. The van der Waals surface area contributed by atoms with E-state index >= 15 is 0 Å². The average Bonchev–Trinajstić information content (AvgIpc) is 0.811. The fourth-order valence-corrected chi connectivity index (χ4v) is 0. The van der Waals surface area contributed by atoms with Gasteiger partial charge in [0.15, 0.2) is 0 Å². The molecule has 9 heavy (non-hydrogen) atoms. The summed E-state index contributed by atoms with van der Waals surface area (Å²) in [5, 5.41) is 13.6. The molecule has 0 fully saturated rings. The fourth-order valence-electron chi connectivity index (χ4n) is 0. The van der Waals surface area contributed by atoms with E-state index in [0.717, 1.165) is 0 Å². The molecular weight excluding hydrogens is 293 g/mol. The van der Waals surface area contributed by atoms with E-state index in [0.29, 0.717) is 0 Å². The molecule has 0 aromatic carbocycles. The second-order valence-corrected chi connectivity index (χ2v) is 0.238. The Morgan fingerprint density at radius 3 is 1.11 bits per heavy atom. The standard InChI is InChI=1S/Er.HNO3.4H2O/c;2-1(3)4;;;;/h;(H,2,3,4);4*1H2. The summed E-state index contributed by atoms with van der Waals surface area (Å²) in [7, 11) is 0. The van der Waals surface area contributed by atoms with Crippen molar-refractivity contribution >= 4 is 0 Å². The van der Waals surface area contributed by atoms with Crippen LogP contribution in [0.25, 0.3) is 0 Å². The van der Waals surface area contributed by atoms with Crippen molar-refractivity contribution in [3.8, 4) is 0 Å². The van der Waals surface area contributed by atoms with Crippen molar-refractivity contribution in [1.29, 1.82) is 0 Å². The summed E-state index contributed by atoms with van der Waals surface area (Å²) < 4.78 is 0. The molecular formula is H9ErNO7. The summed E-state index contributed by atoms with van der Waals surface area (Å²) in [6.07, 6.45) is 0. The van der Waals surface area contributed by atoms with Gasteiger partial charge in [-0.15, -0.1) is 10.1 Å². The molecule has 0 saturated heterocycles. The summed E-state index contributed by atoms with van der Waals surface area (Å²) in [4.78, 5) is 8.36. The topological polar surface area (TPSA) is 189 Å². The van der Waals surface area contributed by atoms with Gasteiger partial charge in [0.25, 0.3) is 5.09 Å². The van der Waals surface area contributed by atoms with Crippen molar-refractivity contribution in [1.82, 2.24) is 0 Å². The van der Waals surface area contributed by atoms with Crippen molar-refractivity contribution in [3.63, 3.8) is 0 Å². The minimum atomic E-state index is -1.50. The third-order valence-corrected chi connectivity index (χ3v) is 0. The van der Waals surface area contributed by atoms with Gasteiger partial charge in [-0.3, -0.25) is 0 Å². The number of hydrogen-bond donors (Lipinski definition) is 1. The molecule has 0 unspecified atom stereocenters. The Bertz CT molecular complexity index is 31.9. The van der Waals surface area contributed by atoms with E-state index < -0.39 is 5.09 Å². The van der Waals surface area contributed by atoms with Crippen molar-refractivity contribution in [3.05, 3.63) is 10.1 Å². The second kappa shape index (κ2) is 40.7. The molecule has 0 atom stereocenters. The van der Waals surface area contributed by atoms with Gasteiger partial charge in [0.1, 0.15) is 0 Å². The minimum Gasteiger partial charge on any atom is -0.412 e. The Balaban J connectivity index is -0.00000000450. The molecule has 0 aromatic rings. The quantitative estimate of drug-likeness (QED) is 0.357. The van der Waals surface area contributed by atoms with Crippen LogP contribution in [0.15, 0.2) is 0 Å². The molecule has 0 saturated carbocycles. The first-order chi connectivity index (χ1) is 1.73. The molecule has 0 spiro atoms. The van der Waals surface area contributed by atoms with Crippen molar-refractivity contribution in [2.75, 3.05) is 0 Å². The Morgan fingerprint density at radius 1 is 1.11 bits per heavy atom. The Hall–Kier alpha value is 0.287. The minimum absolute atomic E-state index is 0. The van der Waals surface area contributed by atoms with Crippen LogP contribution in [0.2, 0.25) is 0 Å². The van der Waals surface area contributed by atoms with Crippen LogP contribution >= 0.6 is 0 Å². The maximum Gasteiger partial charge on any atom is 0.291 e. The maximum atomic E-state index is 8.36. The first-order valence-electron chi connectivity index (χ1n) is 0.565. The predicted molar refractivity (Wildman–Crippen MR) is 23.2 cm³/mol. The van der Waals surface area contributed by atoms with E-state index in [4.69, 9.17) is 15.3 Å². The Labute approximate surface area is 79.4 Å².